The van der Waals surface area contributed by atoms with E-state index in [9.17, 15) is 9.59 Å². The lowest BCUT2D eigenvalue weighted by atomic mass is 10.1. The lowest BCUT2D eigenvalue weighted by Crippen LogP contribution is -2.27. The van der Waals surface area contributed by atoms with Gasteiger partial charge in [-0.25, -0.2) is 4.98 Å². The van der Waals surface area contributed by atoms with Crippen LogP contribution in [0.1, 0.15) is 24.0 Å². The van der Waals surface area contributed by atoms with Crippen LogP contribution in [0.3, 0.4) is 0 Å². The number of aryl methyl sites for hydroxylation is 2. The number of hydrogen-bond donors (Lipinski definition) is 1. The zero-order chi connectivity index (χ0) is 19.0. The Labute approximate surface area is 160 Å². The number of amides is 1. The highest BCUT2D eigenvalue weighted by Crippen LogP contribution is 2.27. The van der Waals surface area contributed by atoms with Gasteiger partial charge in [0.1, 0.15) is 17.6 Å². The smallest absolute Gasteiger partial charge is 0.273 e. The maximum Gasteiger partial charge on any atom is 0.273 e. The van der Waals surface area contributed by atoms with Gasteiger partial charge in [0.15, 0.2) is 10.8 Å². The SMILES string of the molecule is Cc1cccc(C)c1NC(=O)Cn1cnc2nc(N3CCCC3)sc2c1=O. The molecule has 3 heterocycles. The van der Waals surface area contributed by atoms with E-state index in [1.165, 1.54) is 22.2 Å². The van der Waals surface area contributed by atoms with Crippen molar-refractivity contribution in [2.24, 2.45) is 0 Å². The molecule has 8 heteroatoms. The molecule has 0 aliphatic carbocycles. The number of aromatic nitrogens is 3. The minimum Gasteiger partial charge on any atom is -0.348 e. The summed E-state index contributed by atoms with van der Waals surface area (Å²) in [5, 5.41) is 3.74. The molecule has 2 aromatic heterocycles. The molecular formula is C19H21N5O2S. The number of hydrogen-bond acceptors (Lipinski definition) is 6. The van der Waals surface area contributed by atoms with E-state index in [0.29, 0.717) is 10.3 Å². The zero-order valence-electron chi connectivity index (χ0n) is 15.4. The molecule has 3 aromatic rings. The second kappa shape index (κ2) is 7.11. The predicted molar refractivity (Wildman–Crippen MR) is 108 cm³/mol. The molecular weight excluding hydrogens is 362 g/mol. The van der Waals surface area contributed by atoms with Crippen molar-refractivity contribution in [2.45, 2.75) is 33.2 Å². The highest BCUT2D eigenvalue weighted by molar-refractivity contribution is 7.22. The Kier molecular flexibility index (Phi) is 4.65. The van der Waals surface area contributed by atoms with E-state index < -0.39 is 0 Å². The topological polar surface area (TPSA) is 80.1 Å². The van der Waals surface area contributed by atoms with Crippen LogP contribution in [0, 0.1) is 13.8 Å². The van der Waals surface area contributed by atoms with Gasteiger partial charge in [-0.1, -0.05) is 29.5 Å². The molecule has 1 aliphatic rings. The number of rotatable bonds is 4. The highest BCUT2D eigenvalue weighted by atomic mass is 32.1. The van der Waals surface area contributed by atoms with Crippen molar-refractivity contribution in [1.29, 1.82) is 0 Å². The van der Waals surface area contributed by atoms with Crippen LogP contribution >= 0.6 is 11.3 Å². The van der Waals surface area contributed by atoms with Crippen molar-refractivity contribution >= 4 is 38.4 Å². The second-order valence-electron chi connectivity index (χ2n) is 6.84. The average molecular weight is 383 g/mol. The summed E-state index contributed by atoms with van der Waals surface area (Å²) in [4.78, 5) is 36.2. The van der Waals surface area contributed by atoms with Crippen molar-refractivity contribution < 1.29 is 4.79 Å². The first kappa shape index (κ1) is 17.7. The minimum absolute atomic E-state index is 0.0769. The van der Waals surface area contributed by atoms with Crippen molar-refractivity contribution in [3.8, 4) is 0 Å². The van der Waals surface area contributed by atoms with Crippen LogP contribution in [0.4, 0.5) is 10.8 Å². The fourth-order valence-electron chi connectivity index (χ4n) is 3.34. The van der Waals surface area contributed by atoms with Crippen LogP contribution in [-0.2, 0) is 11.3 Å². The number of nitrogens with one attached hydrogen (secondary N) is 1. The minimum atomic E-state index is -0.250. The molecule has 0 bridgehead atoms. The average Bonchev–Trinajstić information content (AvgIpc) is 3.30. The fourth-order valence-corrected chi connectivity index (χ4v) is 4.36. The van der Waals surface area contributed by atoms with Crippen molar-refractivity contribution in [2.75, 3.05) is 23.3 Å². The van der Waals surface area contributed by atoms with Crippen LogP contribution in [0.5, 0.6) is 0 Å². The third kappa shape index (κ3) is 3.44. The van der Waals surface area contributed by atoms with Gasteiger partial charge in [0.05, 0.1) is 0 Å². The number of para-hydroxylation sites is 1. The van der Waals surface area contributed by atoms with Crippen molar-refractivity contribution in [3.63, 3.8) is 0 Å². The molecule has 1 saturated heterocycles. The summed E-state index contributed by atoms with van der Waals surface area (Å²) in [6.07, 6.45) is 3.70. The first-order valence-corrected chi connectivity index (χ1v) is 9.81. The van der Waals surface area contributed by atoms with Crippen LogP contribution in [0.2, 0.25) is 0 Å². The fraction of sp³-hybridized carbons (Fsp3) is 0.368. The summed E-state index contributed by atoms with van der Waals surface area (Å²) in [7, 11) is 0. The van der Waals surface area contributed by atoms with E-state index in [1.54, 1.807) is 0 Å². The Hall–Kier alpha value is -2.74. The van der Waals surface area contributed by atoms with Crippen molar-refractivity contribution in [1.82, 2.24) is 14.5 Å². The maximum atomic E-state index is 12.8. The third-order valence-electron chi connectivity index (χ3n) is 4.81. The first-order valence-electron chi connectivity index (χ1n) is 9.00. The molecule has 0 radical (unpaired) electrons. The van der Waals surface area contributed by atoms with E-state index in [4.69, 9.17) is 0 Å². The van der Waals surface area contributed by atoms with Gasteiger partial charge in [0, 0.05) is 18.8 Å². The third-order valence-corrected chi connectivity index (χ3v) is 5.90. The van der Waals surface area contributed by atoms with E-state index in [-0.39, 0.29) is 18.0 Å². The van der Waals surface area contributed by atoms with Crippen LogP contribution in [0.15, 0.2) is 29.3 Å². The molecule has 1 fully saturated rings. The number of thiazole rings is 1. The maximum absolute atomic E-state index is 12.8. The molecule has 0 saturated carbocycles. The van der Waals surface area contributed by atoms with Gasteiger partial charge in [0.25, 0.3) is 5.56 Å². The van der Waals surface area contributed by atoms with Gasteiger partial charge in [-0.05, 0) is 37.8 Å². The molecule has 0 atom stereocenters. The van der Waals surface area contributed by atoms with Crippen LogP contribution in [0.25, 0.3) is 10.3 Å². The summed E-state index contributed by atoms with van der Waals surface area (Å²) in [6.45, 7) is 5.74. The monoisotopic (exact) mass is 383 g/mol. The number of nitrogens with zero attached hydrogens (tertiary/aromatic N) is 4. The Morgan fingerprint density at radius 1 is 1.22 bits per heavy atom. The molecule has 27 heavy (non-hydrogen) atoms. The Bertz CT molecular complexity index is 1050. The van der Waals surface area contributed by atoms with Gasteiger partial charge in [-0.2, -0.15) is 4.98 Å². The van der Waals surface area contributed by atoms with Gasteiger partial charge in [-0.15, -0.1) is 0 Å². The van der Waals surface area contributed by atoms with E-state index >= 15 is 0 Å². The van der Waals surface area contributed by atoms with Gasteiger partial charge >= 0.3 is 0 Å². The predicted octanol–water partition coefficient (Wildman–Crippen LogP) is 2.71. The highest BCUT2D eigenvalue weighted by Gasteiger charge is 2.19. The van der Waals surface area contributed by atoms with E-state index in [1.807, 2.05) is 32.0 Å². The molecule has 7 nitrogen and oxygen atoms in total. The molecule has 0 unspecified atom stereocenters. The Morgan fingerprint density at radius 3 is 2.63 bits per heavy atom. The molecule has 1 aromatic carbocycles. The Morgan fingerprint density at radius 2 is 1.93 bits per heavy atom. The number of anilines is 2. The quantitative estimate of drug-likeness (QED) is 0.749. The lowest BCUT2D eigenvalue weighted by Gasteiger charge is -2.12. The normalized spacial score (nSPS) is 14.1. The van der Waals surface area contributed by atoms with Gasteiger partial charge in [-0.3, -0.25) is 14.2 Å². The summed E-state index contributed by atoms with van der Waals surface area (Å²) < 4.78 is 1.84. The zero-order valence-corrected chi connectivity index (χ0v) is 16.2. The standard InChI is InChI=1S/C19H21N5O2S/c1-12-6-5-7-13(2)15(12)21-14(25)10-24-11-20-17-16(18(24)26)27-19(22-17)23-8-3-4-9-23/h5-7,11H,3-4,8-10H2,1-2H3,(H,21,25). The number of fused-ring (bicyclic) bond motifs is 1. The summed E-state index contributed by atoms with van der Waals surface area (Å²) in [5.41, 5.74) is 3.00. The molecule has 0 spiro atoms. The van der Waals surface area contributed by atoms with Gasteiger partial charge in [0.2, 0.25) is 5.91 Å². The van der Waals surface area contributed by atoms with Crippen LogP contribution < -0.4 is 15.8 Å². The number of benzene rings is 1. The second-order valence-corrected chi connectivity index (χ2v) is 7.81. The summed E-state index contributed by atoms with van der Waals surface area (Å²) in [6, 6.07) is 5.84. The largest absolute Gasteiger partial charge is 0.348 e. The Balaban J connectivity index is 1.57. The lowest BCUT2D eigenvalue weighted by molar-refractivity contribution is -0.116. The van der Waals surface area contributed by atoms with Gasteiger partial charge < -0.3 is 10.2 Å². The number of carbonyl (C=O) groups is 1. The molecule has 1 N–H and O–H groups in total. The first-order chi connectivity index (χ1) is 13.0. The number of carbonyl (C=O) groups excluding carboxylic acids is 1. The molecule has 1 amide bonds. The van der Waals surface area contributed by atoms with Crippen molar-refractivity contribution in [3.05, 3.63) is 46.0 Å². The summed E-state index contributed by atoms with van der Waals surface area (Å²) in [5.74, 6) is -0.250. The van der Waals surface area contributed by atoms with Crippen LogP contribution in [-0.4, -0.2) is 33.5 Å². The molecule has 4 rings (SSSR count). The molecule has 1 aliphatic heterocycles. The van der Waals surface area contributed by atoms with E-state index in [2.05, 4.69) is 20.2 Å². The van der Waals surface area contributed by atoms with E-state index in [0.717, 1.165) is 47.9 Å². The summed E-state index contributed by atoms with van der Waals surface area (Å²) >= 11 is 1.36. The molecule has 140 valence electrons.